The molecule has 0 amide bonds. The highest BCUT2D eigenvalue weighted by atomic mass is 16.5. The molecule has 0 atom stereocenters. The fourth-order valence-corrected chi connectivity index (χ4v) is 3.99. The first-order chi connectivity index (χ1) is 18.7. The minimum absolute atomic E-state index is 0.0301. The van der Waals surface area contributed by atoms with Crippen LogP contribution in [-0.4, -0.2) is 27.9 Å². The standard InChI is InChI=1S/C30H34O9/c1-4-7-10-20(32)25-21(33)17-22-26(29(25)38-23(34)11-8-5-2)27(36)30(39-24(35)12-9-6-3)28(37-22)18-13-15-19(31)16-14-18/h13-17,31,33H,4-12H2,1-3H3. The minimum atomic E-state index is -0.841. The van der Waals surface area contributed by atoms with E-state index in [0.29, 0.717) is 37.7 Å². The number of hydrogen-bond acceptors (Lipinski definition) is 9. The van der Waals surface area contributed by atoms with Gasteiger partial charge in [-0.05, 0) is 43.5 Å². The minimum Gasteiger partial charge on any atom is -0.508 e. The third-order valence-electron chi connectivity index (χ3n) is 6.14. The lowest BCUT2D eigenvalue weighted by Crippen LogP contribution is -2.18. The molecule has 0 aliphatic carbocycles. The Bertz CT molecular complexity index is 1400. The number of carbonyl (C=O) groups is 3. The number of hydrogen-bond donors (Lipinski definition) is 2. The second kappa shape index (κ2) is 13.6. The Morgan fingerprint density at radius 1 is 0.795 bits per heavy atom. The van der Waals surface area contributed by atoms with Gasteiger partial charge in [0.05, 0.1) is 0 Å². The summed E-state index contributed by atoms with van der Waals surface area (Å²) in [6.45, 7) is 5.70. The lowest BCUT2D eigenvalue weighted by Gasteiger charge is -2.16. The van der Waals surface area contributed by atoms with Gasteiger partial charge in [0.1, 0.15) is 28.0 Å². The van der Waals surface area contributed by atoms with Gasteiger partial charge in [-0.25, -0.2) is 0 Å². The van der Waals surface area contributed by atoms with E-state index in [9.17, 15) is 29.4 Å². The van der Waals surface area contributed by atoms with Crippen LogP contribution < -0.4 is 14.9 Å². The van der Waals surface area contributed by atoms with Crippen LogP contribution in [0.25, 0.3) is 22.3 Å². The van der Waals surface area contributed by atoms with Crippen molar-refractivity contribution in [2.75, 3.05) is 0 Å². The molecule has 208 valence electrons. The van der Waals surface area contributed by atoms with E-state index in [0.717, 1.165) is 12.5 Å². The highest BCUT2D eigenvalue weighted by Crippen LogP contribution is 2.40. The van der Waals surface area contributed by atoms with Crippen LogP contribution >= 0.6 is 0 Å². The van der Waals surface area contributed by atoms with Crippen molar-refractivity contribution >= 4 is 28.7 Å². The average Bonchev–Trinajstić information content (AvgIpc) is 2.91. The molecule has 0 aliphatic heterocycles. The summed E-state index contributed by atoms with van der Waals surface area (Å²) in [6.07, 6.45) is 3.89. The summed E-state index contributed by atoms with van der Waals surface area (Å²) in [5.41, 5.74) is -0.991. The maximum Gasteiger partial charge on any atom is 0.311 e. The molecule has 9 nitrogen and oxygen atoms in total. The lowest BCUT2D eigenvalue weighted by atomic mass is 9.99. The van der Waals surface area contributed by atoms with E-state index in [1.54, 1.807) is 0 Å². The Morgan fingerprint density at radius 3 is 1.90 bits per heavy atom. The molecule has 2 aromatic carbocycles. The highest BCUT2D eigenvalue weighted by Gasteiger charge is 2.29. The normalized spacial score (nSPS) is 10.9. The molecule has 0 spiro atoms. The Labute approximate surface area is 226 Å². The molecular weight excluding hydrogens is 504 g/mol. The Hall–Kier alpha value is -4.14. The van der Waals surface area contributed by atoms with Gasteiger partial charge in [-0.3, -0.25) is 19.2 Å². The molecule has 1 heterocycles. The monoisotopic (exact) mass is 538 g/mol. The quantitative estimate of drug-likeness (QED) is 0.143. The van der Waals surface area contributed by atoms with Crippen molar-refractivity contribution < 1.29 is 38.5 Å². The molecule has 3 aromatic rings. The maximum absolute atomic E-state index is 13.9. The van der Waals surface area contributed by atoms with Gasteiger partial charge in [0.25, 0.3) is 0 Å². The number of unbranched alkanes of at least 4 members (excludes halogenated alkanes) is 3. The Balaban J connectivity index is 2.34. The van der Waals surface area contributed by atoms with Crippen LogP contribution in [-0.2, 0) is 9.59 Å². The fraction of sp³-hybridized carbons (Fsp3) is 0.400. The van der Waals surface area contributed by atoms with Gasteiger partial charge in [0.15, 0.2) is 17.3 Å². The number of phenolic OH excluding ortho intramolecular Hbond substituents is 2. The average molecular weight is 539 g/mol. The van der Waals surface area contributed by atoms with E-state index >= 15 is 0 Å². The zero-order valence-corrected chi connectivity index (χ0v) is 22.5. The molecule has 0 radical (unpaired) electrons. The largest absolute Gasteiger partial charge is 0.508 e. The van der Waals surface area contributed by atoms with Gasteiger partial charge in [-0.15, -0.1) is 0 Å². The number of esters is 2. The number of carbonyl (C=O) groups excluding carboxylic acids is 3. The summed E-state index contributed by atoms with van der Waals surface area (Å²) < 4.78 is 17.0. The molecule has 0 bridgehead atoms. The Morgan fingerprint density at radius 2 is 1.33 bits per heavy atom. The van der Waals surface area contributed by atoms with E-state index in [2.05, 4.69) is 0 Å². The molecule has 2 N–H and O–H groups in total. The molecule has 3 rings (SSSR count). The summed E-state index contributed by atoms with van der Waals surface area (Å²) in [7, 11) is 0. The van der Waals surface area contributed by atoms with Crippen molar-refractivity contribution in [2.24, 2.45) is 0 Å². The first-order valence-corrected chi connectivity index (χ1v) is 13.3. The molecule has 39 heavy (non-hydrogen) atoms. The van der Waals surface area contributed by atoms with Gasteiger partial charge in [-0.1, -0.05) is 40.0 Å². The zero-order valence-electron chi connectivity index (χ0n) is 22.5. The van der Waals surface area contributed by atoms with E-state index in [1.807, 2.05) is 20.8 Å². The van der Waals surface area contributed by atoms with Crippen LogP contribution in [0, 0.1) is 0 Å². The van der Waals surface area contributed by atoms with Crippen LogP contribution in [0.3, 0.4) is 0 Å². The van der Waals surface area contributed by atoms with Gasteiger partial charge in [-0.2, -0.15) is 0 Å². The van der Waals surface area contributed by atoms with E-state index in [4.69, 9.17) is 13.9 Å². The highest BCUT2D eigenvalue weighted by molar-refractivity contribution is 6.08. The van der Waals surface area contributed by atoms with Crippen LogP contribution in [0.4, 0.5) is 0 Å². The van der Waals surface area contributed by atoms with Crippen molar-refractivity contribution in [3.63, 3.8) is 0 Å². The molecule has 0 aliphatic rings. The van der Waals surface area contributed by atoms with Gasteiger partial charge in [0.2, 0.25) is 11.2 Å². The maximum atomic E-state index is 13.9. The number of ether oxygens (including phenoxy) is 2. The van der Waals surface area contributed by atoms with Gasteiger partial charge < -0.3 is 24.1 Å². The molecule has 0 unspecified atom stereocenters. The summed E-state index contributed by atoms with van der Waals surface area (Å²) in [5, 5.41) is 20.3. The lowest BCUT2D eigenvalue weighted by molar-refractivity contribution is -0.135. The predicted molar refractivity (Wildman–Crippen MR) is 145 cm³/mol. The summed E-state index contributed by atoms with van der Waals surface area (Å²) in [4.78, 5) is 52.3. The van der Waals surface area contributed by atoms with Crippen molar-refractivity contribution in [3.05, 3.63) is 46.1 Å². The molecule has 1 aromatic heterocycles. The molecule has 0 fully saturated rings. The second-order valence-corrected chi connectivity index (χ2v) is 9.29. The number of ketones is 1. The topological polar surface area (TPSA) is 140 Å². The fourth-order valence-electron chi connectivity index (χ4n) is 3.99. The van der Waals surface area contributed by atoms with Crippen molar-refractivity contribution in [3.8, 4) is 34.3 Å². The smallest absolute Gasteiger partial charge is 0.311 e. The van der Waals surface area contributed by atoms with Crippen LogP contribution in [0.2, 0.25) is 0 Å². The van der Waals surface area contributed by atoms with Crippen molar-refractivity contribution in [2.45, 2.75) is 78.6 Å². The van der Waals surface area contributed by atoms with E-state index < -0.39 is 40.4 Å². The predicted octanol–water partition coefficient (Wildman–Crippen LogP) is 6.44. The number of rotatable bonds is 13. The number of aromatic hydroxyl groups is 2. The van der Waals surface area contributed by atoms with E-state index in [-0.39, 0.29) is 47.3 Å². The summed E-state index contributed by atoms with van der Waals surface area (Å²) in [5.74, 6) is -3.36. The molecule has 0 saturated heterocycles. The number of Topliss-reactive ketones (excluding diaryl/α,β-unsaturated/α-hetero) is 1. The van der Waals surface area contributed by atoms with Gasteiger partial charge >= 0.3 is 11.9 Å². The van der Waals surface area contributed by atoms with Crippen LogP contribution in [0.1, 0.15) is 88.9 Å². The van der Waals surface area contributed by atoms with Crippen LogP contribution in [0.5, 0.6) is 23.0 Å². The first-order valence-electron chi connectivity index (χ1n) is 13.3. The third kappa shape index (κ3) is 7.04. The third-order valence-corrected chi connectivity index (χ3v) is 6.14. The molecule has 9 heteroatoms. The SMILES string of the molecule is CCCCC(=O)Oc1c(-c2ccc(O)cc2)oc2cc(O)c(C(=O)CCCC)c(OC(=O)CCCC)c2c1=O. The number of benzene rings is 2. The Kier molecular flexibility index (Phi) is 10.3. The first kappa shape index (κ1) is 29.4. The summed E-state index contributed by atoms with van der Waals surface area (Å²) >= 11 is 0. The van der Waals surface area contributed by atoms with Crippen molar-refractivity contribution in [1.29, 1.82) is 0 Å². The van der Waals surface area contributed by atoms with Crippen LogP contribution in [0.15, 0.2) is 39.5 Å². The second-order valence-electron chi connectivity index (χ2n) is 9.29. The van der Waals surface area contributed by atoms with Gasteiger partial charge in [0, 0.05) is 30.9 Å². The molecule has 0 saturated carbocycles. The molecular formula is C30H34O9. The van der Waals surface area contributed by atoms with E-state index in [1.165, 1.54) is 24.3 Å². The van der Waals surface area contributed by atoms with Crippen molar-refractivity contribution in [1.82, 2.24) is 0 Å². The zero-order chi connectivity index (χ0) is 28.5. The number of phenols is 2. The number of fused-ring (bicyclic) bond motifs is 1. The summed E-state index contributed by atoms with van der Waals surface area (Å²) in [6, 6.07) is 6.80.